The molecule has 1 amide bonds. The zero-order valence-electron chi connectivity index (χ0n) is 9.90. The van der Waals surface area contributed by atoms with Gasteiger partial charge in [0.15, 0.2) is 0 Å². The van der Waals surface area contributed by atoms with Gasteiger partial charge in [0.2, 0.25) is 5.56 Å². The third kappa shape index (κ3) is 3.42. The van der Waals surface area contributed by atoms with Gasteiger partial charge in [0.05, 0.1) is 0 Å². The third-order valence-electron chi connectivity index (χ3n) is 2.96. The van der Waals surface area contributed by atoms with Gasteiger partial charge in [0.1, 0.15) is 0 Å². The van der Waals surface area contributed by atoms with Crippen molar-refractivity contribution in [2.24, 2.45) is 0 Å². The predicted octanol–water partition coefficient (Wildman–Crippen LogP) is 0.199. The van der Waals surface area contributed by atoms with Gasteiger partial charge in [-0.2, -0.15) is 0 Å². The third-order valence-corrected chi connectivity index (χ3v) is 2.96. The Morgan fingerprint density at radius 1 is 1.59 bits per heavy atom. The van der Waals surface area contributed by atoms with E-state index in [0.717, 1.165) is 6.54 Å². The molecule has 2 rings (SSSR count). The molecule has 1 aromatic rings. The van der Waals surface area contributed by atoms with E-state index in [-0.39, 0.29) is 11.5 Å². The summed E-state index contributed by atoms with van der Waals surface area (Å²) in [6.07, 6.45) is 4.00. The van der Waals surface area contributed by atoms with Crippen LogP contribution in [0.3, 0.4) is 0 Å². The predicted molar refractivity (Wildman–Crippen MR) is 65.0 cm³/mol. The Morgan fingerprint density at radius 2 is 2.35 bits per heavy atom. The van der Waals surface area contributed by atoms with E-state index in [0.29, 0.717) is 18.2 Å². The minimum absolute atomic E-state index is 0.194. The number of nitrogens with zero attached hydrogens (tertiary/aromatic N) is 1. The maximum Gasteiger partial charge on any atom is 0.251 e. The fraction of sp³-hybridized carbons (Fsp3) is 0.500. The van der Waals surface area contributed by atoms with E-state index in [9.17, 15) is 9.59 Å². The quantitative estimate of drug-likeness (QED) is 0.766. The smallest absolute Gasteiger partial charge is 0.251 e. The highest BCUT2D eigenvalue weighted by Crippen LogP contribution is 2.24. The molecule has 92 valence electrons. The second-order valence-electron chi connectivity index (χ2n) is 4.41. The van der Waals surface area contributed by atoms with Crippen molar-refractivity contribution in [1.82, 2.24) is 15.2 Å². The molecule has 1 aromatic heterocycles. The zero-order chi connectivity index (χ0) is 12.3. The highest BCUT2D eigenvalue weighted by molar-refractivity contribution is 5.93. The van der Waals surface area contributed by atoms with Gasteiger partial charge in [-0.25, -0.2) is 0 Å². The molecule has 0 spiro atoms. The Hall–Kier alpha value is -1.62. The summed E-state index contributed by atoms with van der Waals surface area (Å²) in [6.45, 7) is 1.46. The van der Waals surface area contributed by atoms with E-state index in [2.05, 4.69) is 22.2 Å². The first-order valence-electron chi connectivity index (χ1n) is 5.84. The first-order valence-corrected chi connectivity index (χ1v) is 5.84. The molecular formula is C12H17N3O2. The number of hydrogen-bond acceptors (Lipinski definition) is 3. The maximum absolute atomic E-state index is 11.7. The molecular weight excluding hydrogens is 218 g/mol. The first kappa shape index (κ1) is 11.9. The van der Waals surface area contributed by atoms with Gasteiger partial charge in [0.25, 0.3) is 5.91 Å². The standard InChI is InChI=1S/C12H17N3O2/c1-15(10-2-3-10)7-6-14-12(17)9-4-5-13-11(16)8-9/h4-5,8,10H,2-3,6-7H2,1H3,(H,13,16)(H,14,17). The number of amides is 1. The SMILES string of the molecule is CN(CCNC(=O)c1cc[nH]c(=O)c1)C1CC1. The lowest BCUT2D eigenvalue weighted by Crippen LogP contribution is -2.34. The van der Waals surface area contributed by atoms with Crippen molar-refractivity contribution in [3.63, 3.8) is 0 Å². The molecule has 1 aliphatic carbocycles. The molecule has 1 aliphatic rings. The molecule has 0 unspecified atom stereocenters. The van der Waals surface area contributed by atoms with E-state index < -0.39 is 0 Å². The van der Waals surface area contributed by atoms with Gasteiger partial charge in [-0.05, 0) is 26.0 Å². The Kier molecular flexibility index (Phi) is 3.58. The average molecular weight is 235 g/mol. The van der Waals surface area contributed by atoms with Crippen molar-refractivity contribution in [1.29, 1.82) is 0 Å². The molecule has 1 heterocycles. The molecule has 1 fully saturated rings. The number of nitrogens with one attached hydrogen (secondary N) is 2. The topological polar surface area (TPSA) is 65.2 Å². The summed E-state index contributed by atoms with van der Waals surface area (Å²) in [5, 5.41) is 2.81. The molecule has 5 heteroatoms. The summed E-state index contributed by atoms with van der Waals surface area (Å²) in [6, 6.07) is 3.60. The summed E-state index contributed by atoms with van der Waals surface area (Å²) < 4.78 is 0. The van der Waals surface area contributed by atoms with Crippen LogP contribution in [0, 0.1) is 0 Å². The van der Waals surface area contributed by atoms with Crippen LogP contribution in [0.25, 0.3) is 0 Å². The number of carbonyl (C=O) groups is 1. The average Bonchev–Trinajstić information content (AvgIpc) is 3.12. The molecule has 0 saturated heterocycles. The summed E-state index contributed by atoms with van der Waals surface area (Å²) in [4.78, 5) is 27.4. The van der Waals surface area contributed by atoms with Gasteiger partial charge < -0.3 is 15.2 Å². The normalized spacial score (nSPS) is 14.9. The number of pyridine rings is 1. The Labute approximate surface area is 99.8 Å². The lowest BCUT2D eigenvalue weighted by atomic mass is 10.2. The molecule has 1 saturated carbocycles. The summed E-state index contributed by atoms with van der Waals surface area (Å²) in [5.41, 5.74) is 0.149. The summed E-state index contributed by atoms with van der Waals surface area (Å²) in [5.74, 6) is -0.194. The molecule has 17 heavy (non-hydrogen) atoms. The van der Waals surface area contributed by atoms with Crippen molar-refractivity contribution in [3.05, 3.63) is 34.2 Å². The van der Waals surface area contributed by atoms with Crippen LogP contribution < -0.4 is 10.9 Å². The molecule has 0 radical (unpaired) electrons. The Balaban J connectivity index is 1.78. The van der Waals surface area contributed by atoms with Crippen LogP contribution in [0.1, 0.15) is 23.2 Å². The van der Waals surface area contributed by atoms with E-state index in [1.807, 2.05) is 0 Å². The minimum atomic E-state index is -0.257. The van der Waals surface area contributed by atoms with Gasteiger partial charge >= 0.3 is 0 Å². The van der Waals surface area contributed by atoms with Gasteiger partial charge in [-0.3, -0.25) is 9.59 Å². The number of rotatable bonds is 5. The number of H-pyrrole nitrogens is 1. The highest BCUT2D eigenvalue weighted by Gasteiger charge is 2.25. The summed E-state index contributed by atoms with van der Waals surface area (Å²) in [7, 11) is 2.07. The fourth-order valence-electron chi connectivity index (χ4n) is 1.73. The van der Waals surface area contributed by atoms with Crippen LogP contribution in [0.5, 0.6) is 0 Å². The molecule has 0 aliphatic heterocycles. The highest BCUT2D eigenvalue weighted by atomic mass is 16.2. The number of likely N-dealkylation sites (N-methyl/N-ethyl adjacent to an activating group) is 1. The molecule has 0 atom stereocenters. The van der Waals surface area contributed by atoms with E-state index in [4.69, 9.17) is 0 Å². The van der Waals surface area contributed by atoms with Gasteiger partial charge in [-0.1, -0.05) is 0 Å². The van der Waals surface area contributed by atoms with E-state index in [1.165, 1.54) is 25.1 Å². The Bertz CT molecular complexity index is 451. The summed E-state index contributed by atoms with van der Waals surface area (Å²) >= 11 is 0. The van der Waals surface area contributed by atoms with Crippen molar-refractivity contribution >= 4 is 5.91 Å². The van der Waals surface area contributed by atoms with E-state index >= 15 is 0 Å². The lowest BCUT2D eigenvalue weighted by molar-refractivity contribution is 0.0949. The zero-order valence-corrected chi connectivity index (χ0v) is 9.90. The van der Waals surface area contributed by atoms with Crippen molar-refractivity contribution in [2.45, 2.75) is 18.9 Å². The minimum Gasteiger partial charge on any atom is -0.351 e. The number of carbonyl (C=O) groups excluding carboxylic acids is 1. The molecule has 0 bridgehead atoms. The van der Waals surface area contributed by atoms with Crippen molar-refractivity contribution < 1.29 is 4.79 Å². The van der Waals surface area contributed by atoms with Crippen LogP contribution in [0.15, 0.2) is 23.1 Å². The second-order valence-corrected chi connectivity index (χ2v) is 4.41. The maximum atomic E-state index is 11.7. The molecule has 2 N–H and O–H groups in total. The van der Waals surface area contributed by atoms with Gasteiger partial charge in [0, 0.05) is 37.0 Å². The monoisotopic (exact) mass is 235 g/mol. The van der Waals surface area contributed by atoms with Crippen LogP contribution in [-0.4, -0.2) is 42.0 Å². The largest absolute Gasteiger partial charge is 0.351 e. The lowest BCUT2D eigenvalue weighted by Gasteiger charge is -2.15. The van der Waals surface area contributed by atoms with Crippen LogP contribution in [-0.2, 0) is 0 Å². The van der Waals surface area contributed by atoms with Crippen LogP contribution in [0.2, 0.25) is 0 Å². The van der Waals surface area contributed by atoms with E-state index in [1.54, 1.807) is 6.07 Å². The van der Waals surface area contributed by atoms with Crippen molar-refractivity contribution in [2.75, 3.05) is 20.1 Å². The number of aromatic nitrogens is 1. The Morgan fingerprint density at radius 3 is 3.00 bits per heavy atom. The van der Waals surface area contributed by atoms with Crippen molar-refractivity contribution in [3.8, 4) is 0 Å². The first-order chi connectivity index (χ1) is 8.16. The molecule has 5 nitrogen and oxygen atoms in total. The number of hydrogen-bond donors (Lipinski definition) is 2. The number of aromatic amines is 1. The van der Waals surface area contributed by atoms with Gasteiger partial charge in [-0.15, -0.1) is 0 Å². The molecule has 0 aromatic carbocycles. The van der Waals surface area contributed by atoms with Crippen LogP contribution in [0.4, 0.5) is 0 Å². The van der Waals surface area contributed by atoms with Crippen LogP contribution >= 0.6 is 0 Å². The fourth-order valence-corrected chi connectivity index (χ4v) is 1.73. The second kappa shape index (κ2) is 5.14.